The van der Waals surface area contributed by atoms with Crippen molar-refractivity contribution in [2.75, 3.05) is 26.3 Å². The molecule has 0 radical (unpaired) electrons. The van der Waals surface area contributed by atoms with E-state index in [9.17, 15) is 24.0 Å². The topological polar surface area (TPSA) is 153 Å². The zero-order valence-electron chi connectivity index (χ0n) is 32.2. The lowest BCUT2D eigenvalue weighted by atomic mass is 9.91. The maximum absolute atomic E-state index is 14.3. The quantitative estimate of drug-likeness (QED) is 0.145. The van der Waals surface area contributed by atoms with Crippen LogP contribution in [0.1, 0.15) is 104 Å². The van der Waals surface area contributed by atoms with E-state index in [1.165, 1.54) is 4.90 Å². The molecule has 1 aromatic carbocycles. The summed E-state index contributed by atoms with van der Waals surface area (Å²) >= 11 is 0. The lowest BCUT2D eigenvalue weighted by molar-refractivity contribution is -0.152. The molecule has 2 fully saturated rings. The summed E-state index contributed by atoms with van der Waals surface area (Å²) in [4.78, 5) is 71.4. The van der Waals surface area contributed by atoms with Gasteiger partial charge in [-0.15, -0.1) is 0 Å². The van der Waals surface area contributed by atoms with Gasteiger partial charge in [0, 0.05) is 38.5 Å². The maximum atomic E-state index is 14.3. The molecule has 13 heteroatoms. The SMILES string of the molecule is CCOC(=O)[C@]12CC(=O)[C@@H]3C[C@@H](OC(=O)N4Cc5ccc(OCCNC(C)C)cc5C4)CN3C(=O)[C@@H](NC(=O)OC(C)(C)C)CCCCC/C=C\[C@@H]1C2. The molecular weight excluding hydrogens is 680 g/mol. The van der Waals surface area contributed by atoms with Crippen molar-refractivity contribution in [3.05, 3.63) is 41.5 Å². The molecule has 3 amide bonds. The van der Waals surface area contributed by atoms with Crippen LogP contribution in [0.2, 0.25) is 0 Å². The lowest BCUT2D eigenvalue weighted by Gasteiger charge is -2.30. The highest BCUT2D eigenvalue weighted by Gasteiger charge is 2.61. The van der Waals surface area contributed by atoms with E-state index in [2.05, 4.69) is 30.6 Å². The van der Waals surface area contributed by atoms with Gasteiger partial charge in [0.15, 0.2) is 5.78 Å². The molecule has 13 nitrogen and oxygen atoms in total. The molecule has 3 aliphatic heterocycles. The summed E-state index contributed by atoms with van der Waals surface area (Å²) in [5.74, 6) is -0.550. The molecule has 292 valence electrons. The summed E-state index contributed by atoms with van der Waals surface area (Å²) in [6.45, 7) is 13.2. The van der Waals surface area contributed by atoms with Gasteiger partial charge < -0.3 is 34.5 Å². The van der Waals surface area contributed by atoms with Gasteiger partial charge in [0.2, 0.25) is 5.91 Å². The van der Waals surface area contributed by atoms with Gasteiger partial charge in [-0.25, -0.2) is 9.59 Å². The summed E-state index contributed by atoms with van der Waals surface area (Å²) in [6, 6.07) is 4.26. The Morgan fingerprint density at radius 1 is 1.06 bits per heavy atom. The van der Waals surface area contributed by atoms with Crippen molar-refractivity contribution >= 4 is 29.8 Å². The van der Waals surface area contributed by atoms with Crippen LogP contribution in [0.4, 0.5) is 9.59 Å². The minimum absolute atomic E-state index is 0.0214. The molecule has 1 saturated heterocycles. The normalized spacial score (nSPS) is 26.8. The fraction of sp³-hybridized carbons (Fsp3) is 0.675. The monoisotopic (exact) mass is 738 g/mol. The Balaban J connectivity index is 1.32. The van der Waals surface area contributed by atoms with Crippen molar-refractivity contribution in [2.24, 2.45) is 11.3 Å². The maximum Gasteiger partial charge on any atom is 0.410 e. The molecule has 0 unspecified atom stereocenters. The third-order valence-electron chi connectivity index (χ3n) is 10.3. The Bertz CT molecular complexity index is 1540. The first-order valence-electron chi connectivity index (χ1n) is 19.3. The highest BCUT2D eigenvalue weighted by atomic mass is 16.6. The molecule has 5 rings (SSSR count). The predicted molar refractivity (Wildman–Crippen MR) is 197 cm³/mol. The van der Waals surface area contributed by atoms with Crippen LogP contribution in [0.15, 0.2) is 30.4 Å². The minimum Gasteiger partial charge on any atom is -0.492 e. The van der Waals surface area contributed by atoms with E-state index in [-0.39, 0.29) is 37.7 Å². The first kappa shape index (κ1) is 40.1. The summed E-state index contributed by atoms with van der Waals surface area (Å²) in [7, 11) is 0. The standard InChI is InChI=1S/C40H58N4O9/c1-7-50-36(47)40-21-29(40)13-11-9-8-10-12-14-32(42-37(48)53-39(4,5)6)35(46)44-25-31(20-33(44)34(45)22-40)52-38(49)43-23-27-15-16-30(19-28(27)24-43)51-18-17-41-26(2)3/h11,13,15-16,19,26,29,31-33,41H,7-10,12,14,17-18,20-25H2,1-6H3,(H,42,48)/b13-11-/t29-,31-,32+,33+,40-/m1/s1. The number of amides is 3. The number of esters is 1. The Morgan fingerprint density at radius 3 is 2.57 bits per heavy atom. The number of carbonyl (C=O) groups excluding carboxylic acids is 5. The van der Waals surface area contributed by atoms with E-state index in [4.69, 9.17) is 18.9 Å². The van der Waals surface area contributed by atoms with Gasteiger partial charge in [0.1, 0.15) is 30.1 Å². The van der Waals surface area contributed by atoms with Crippen molar-refractivity contribution in [2.45, 2.75) is 136 Å². The summed E-state index contributed by atoms with van der Waals surface area (Å²) in [5, 5.41) is 6.08. The van der Waals surface area contributed by atoms with Crippen LogP contribution in [-0.4, -0.2) is 95.8 Å². The number of hydrogen-bond acceptors (Lipinski definition) is 10. The molecule has 0 bridgehead atoms. The number of allylic oxidation sites excluding steroid dienone is 2. The lowest BCUT2D eigenvalue weighted by Crippen LogP contribution is -2.52. The second kappa shape index (κ2) is 17.3. The highest BCUT2D eigenvalue weighted by molar-refractivity contribution is 5.96. The van der Waals surface area contributed by atoms with Gasteiger partial charge >= 0.3 is 18.2 Å². The zero-order chi connectivity index (χ0) is 38.3. The molecule has 1 aliphatic carbocycles. The number of ether oxygens (including phenoxy) is 4. The summed E-state index contributed by atoms with van der Waals surface area (Å²) < 4.78 is 22.9. The predicted octanol–water partition coefficient (Wildman–Crippen LogP) is 5.43. The Morgan fingerprint density at radius 2 is 1.83 bits per heavy atom. The number of ketones is 1. The second-order valence-electron chi connectivity index (χ2n) is 16.1. The van der Waals surface area contributed by atoms with Crippen LogP contribution >= 0.6 is 0 Å². The van der Waals surface area contributed by atoms with Crippen molar-refractivity contribution in [3.8, 4) is 5.75 Å². The Hall–Kier alpha value is -4.13. The van der Waals surface area contributed by atoms with Gasteiger partial charge in [-0.3, -0.25) is 19.3 Å². The van der Waals surface area contributed by atoms with Crippen LogP contribution in [0.3, 0.4) is 0 Å². The third kappa shape index (κ3) is 10.5. The van der Waals surface area contributed by atoms with E-state index < -0.39 is 53.3 Å². The molecular formula is C40H58N4O9. The van der Waals surface area contributed by atoms with Gasteiger partial charge in [-0.2, -0.15) is 0 Å². The average molecular weight is 739 g/mol. The number of rotatable bonds is 9. The van der Waals surface area contributed by atoms with Crippen molar-refractivity contribution in [3.63, 3.8) is 0 Å². The van der Waals surface area contributed by atoms with Crippen LogP contribution < -0.4 is 15.4 Å². The van der Waals surface area contributed by atoms with E-state index >= 15 is 0 Å². The van der Waals surface area contributed by atoms with Crippen molar-refractivity contribution in [1.29, 1.82) is 0 Å². The molecule has 2 N–H and O–H groups in total. The molecule has 0 aromatic heterocycles. The average Bonchev–Trinajstić information content (AvgIpc) is 3.39. The Labute approximate surface area is 313 Å². The number of benzene rings is 1. The van der Waals surface area contributed by atoms with E-state index in [1.807, 2.05) is 24.3 Å². The first-order chi connectivity index (χ1) is 25.2. The minimum atomic E-state index is -0.990. The number of hydrogen-bond donors (Lipinski definition) is 2. The van der Waals surface area contributed by atoms with Crippen LogP contribution in [0.25, 0.3) is 0 Å². The number of Topliss-reactive ketones (excluding diaryl/α,β-unsaturated/α-hetero) is 1. The summed E-state index contributed by atoms with van der Waals surface area (Å²) in [6.07, 6.45) is 6.03. The Kier molecular flexibility index (Phi) is 13.1. The number of nitrogens with zero attached hydrogens (tertiary/aromatic N) is 2. The molecule has 0 spiro atoms. The number of carbonyl (C=O) groups is 5. The fourth-order valence-electron chi connectivity index (χ4n) is 7.51. The van der Waals surface area contributed by atoms with Gasteiger partial charge in [-0.05, 0) is 82.6 Å². The van der Waals surface area contributed by atoms with Crippen LogP contribution in [-0.2, 0) is 41.7 Å². The second-order valence-corrected chi connectivity index (χ2v) is 16.1. The number of fused-ring (bicyclic) bond motifs is 3. The fourth-order valence-corrected chi connectivity index (χ4v) is 7.51. The van der Waals surface area contributed by atoms with Crippen LogP contribution in [0, 0.1) is 11.3 Å². The van der Waals surface area contributed by atoms with E-state index in [1.54, 1.807) is 32.6 Å². The molecule has 1 aromatic rings. The van der Waals surface area contributed by atoms with Crippen molar-refractivity contribution in [1.82, 2.24) is 20.4 Å². The van der Waals surface area contributed by atoms with Crippen molar-refractivity contribution < 1.29 is 42.9 Å². The third-order valence-corrected chi connectivity index (χ3v) is 10.3. The van der Waals surface area contributed by atoms with Gasteiger partial charge in [-0.1, -0.05) is 44.9 Å². The summed E-state index contributed by atoms with van der Waals surface area (Å²) in [5.41, 5.74) is 0.194. The largest absolute Gasteiger partial charge is 0.492 e. The van der Waals surface area contributed by atoms with Gasteiger partial charge in [0.25, 0.3) is 0 Å². The van der Waals surface area contributed by atoms with E-state index in [0.717, 1.165) is 42.7 Å². The highest BCUT2D eigenvalue weighted by Crippen LogP contribution is 2.57. The number of nitrogens with one attached hydrogen (secondary N) is 2. The zero-order valence-corrected chi connectivity index (χ0v) is 32.2. The molecule has 1 saturated carbocycles. The van der Waals surface area contributed by atoms with E-state index in [0.29, 0.717) is 45.0 Å². The molecule has 53 heavy (non-hydrogen) atoms. The molecule has 4 aliphatic rings. The molecule has 3 heterocycles. The van der Waals surface area contributed by atoms with Gasteiger partial charge in [0.05, 0.1) is 24.6 Å². The number of alkyl carbamates (subject to hydrolysis) is 1. The van der Waals surface area contributed by atoms with Crippen LogP contribution in [0.5, 0.6) is 5.75 Å². The first-order valence-corrected chi connectivity index (χ1v) is 19.3. The smallest absolute Gasteiger partial charge is 0.410 e. The molecule has 5 atom stereocenters.